The third-order valence-corrected chi connectivity index (χ3v) is 6.60. The summed E-state index contributed by atoms with van der Waals surface area (Å²) in [5.74, 6) is 0.825. The van der Waals surface area contributed by atoms with E-state index in [0.29, 0.717) is 6.54 Å². The highest BCUT2D eigenvalue weighted by Gasteiger charge is 2.36. The molecule has 0 unspecified atom stereocenters. The predicted molar refractivity (Wildman–Crippen MR) is 133 cm³/mol. The number of thiazole rings is 1. The summed E-state index contributed by atoms with van der Waals surface area (Å²) < 4.78 is 5.64. The van der Waals surface area contributed by atoms with Gasteiger partial charge in [0.25, 0.3) is 0 Å². The number of benzene rings is 1. The summed E-state index contributed by atoms with van der Waals surface area (Å²) in [5, 5.41) is 8.83. The standard InChI is InChI=1S/C21H29ClN4OS.HI/c1-4-23-20(24-13-19-15(2)26-16(3)28-19)25-14-21(9-11-27-12-10-21)17-7-5-6-8-18(17)22;/h5-8H,4,9-14H2,1-3H3,(H2,23,24,25);1H. The Labute approximate surface area is 199 Å². The number of aromatic nitrogens is 1. The lowest BCUT2D eigenvalue weighted by Crippen LogP contribution is -2.48. The molecule has 29 heavy (non-hydrogen) atoms. The number of hydrogen-bond acceptors (Lipinski definition) is 4. The molecule has 5 nitrogen and oxygen atoms in total. The van der Waals surface area contributed by atoms with E-state index in [2.05, 4.69) is 34.7 Å². The summed E-state index contributed by atoms with van der Waals surface area (Å²) in [6.07, 6.45) is 1.88. The van der Waals surface area contributed by atoms with Crippen LogP contribution in [0.15, 0.2) is 29.3 Å². The van der Waals surface area contributed by atoms with Crippen LogP contribution in [0.4, 0.5) is 0 Å². The molecule has 1 aromatic heterocycles. The molecule has 0 bridgehead atoms. The lowest BCUT2D eigenvalue weighted by atomic mass is 9.74. The number of nitrogens with zero attached hydrogens (tertiary/aromatic N) is 2. The zero-order chi connectivity index (χ0) is 20.0. The SMILES string of the molecule is CCNC(=NCc1sc(C)nc1C)NCC1(c2ccccc2Cl)CCOCC1.I. The number of halogens is 2. The number of aliphatic imine (C=N–C) groups is 1. The molecule has 1 aliphatic heterocycles. The highest BCUT2D eigenvalue weighted by atomic mass is 127. The molecule has 0 amide bonds. The van der Waals surface area contributed by atoms with Crippen LogP contribution in [-0.4, -0.2) is 37.2 Å². The average Bonchev–Trinajstić information content (AvgIpc) is 3.02. The van der Waals surface area contributed by atoms with Crippen molar-refractivity contribution in [2.24, 2.45) is 4.99 Å². The Morgan fingerprint density at radius 1 is 1.24 bits per heavy atom. The first-order valence-corrected chi connectivity index (χ1v) is 11.0. The van der Waals surface area contributed by atoms with E-state index in [-0.39, 0.29) is 29.4 Å². The highest BCUT2D eigenvalue weighted by Crippen LogP contribution is 2.38. The lowest BCUT2D eigenvalue weighted by molar-refractivity contribution is 0.0514. The van der Waals surface area contributed by atoms with Gasteiger partial charge >= 0.3 is 0 Å². The van der Waals surface area contributed by atoms with E-state index in [9.17, 15) is 0 Å². The Kier molecular flexibility index (Phi) is 9.65. The Bertz CT molecular complexity index is 821. The molecule has 160 valence electrons. The second-order valence-electron chi connectivity index (χ2n) is 7.16. The topological polar surface area (TPSA) is 58.5 Å². The van der Waals surface area contributed by atoms with Crippen LogP contribution < -0.4 is 10.6 Å². The van der Waals surface area contributed by atoms with Gasteiger partial charge in [-0.25, -0.2) is 9.98 Å². The molecule has 2 aromatic rings. The fourth-order valence-corrected chi connectivity index (χ4v) is 4.86. The van der Waals surface area contributed by atoms with Gasteiger partial charge in [0.05, 0.1) is 17.2 Å². The number of rotatable bonds is 6. The van der Waals surface area contributed by atoms with Crippen molar-refractivity contribution in [1.29, 1.82) is 0 Å². The Balaban J connectivity index is 0.00000300. The van der Waals surface area contributed by atoms with Crippen LogP contribution in [-0.2, 0) is 16.7 Å². The molecule has 0 radical (unpaired) electrons. The van der Waals surface area contributed by atoms with Gasteiger partial charge in [0.1, 0.15) is 0 Å². The molecule has 0 spiro atoms. The summed E-state index contributed by atoms with van der Waals surface area (Å²) in [6, 6.07) is 8.16. The number of hydrogen-bond donors (Lipinski definition) is 2. The minimum absolute atomic E-state index is 0. The monoisotopic (exact) mass is 548 g/mol. The molecule has 0 saturated carbocycles. The minimum atomic E-state index is -0.0518. The first-order valence-electron chi connectivity index (χ1n) is 9.82. The molecule has 1 aromatic carbocycles. The summed E-state index contributed by atoms with van der Waals surface area (Å²) >= 11 is 8.28. The van der Waals surface area contributed by atoms with Crippen molar-refractivity contribution in [3.05, 3.63) is 50.4 Å². The lowest BCUT2D eigenvalue weighted by Gasteiger charge is -2.38. The van der Waals surface area contributed by atoms with Gasteiger partial charge in [0.15, 0.2) is 5.96 Å². The summed E-state index contributed by atoms with van der Waals surface area (Å²) in [7, 11) is 0. The second kappa shape index (κ2) is 11.5. The smallest absolute Gasteiger partial charge is 0.191 e. The van der Waals surface area contributed by atoms with Crippen molar-refractivity contribution < 1.29 is 4.74 Å². The molecule has 1 aliphatic rings. The van der Waals surface area contributed by atoms with Crippen molar-refractivity contribution in [3.63, 3.8) is 0 Å². The second-order valence-corrected chi connectivity index (χ2v) is 8.86. The Morgan fingerprint density at radius 3 is 2.59 bits per heavy atom. The van der Waals surface area contributed by atoms with Gasteiger partial charge in [-0.1, -0.05) is 29.8 Å². The van der Waals surface area contributed by atoms with E-state index in [1.165, 1.54) is 10.4 Å². The summed E-state index contributed by atoms with van der Waals surface area (Å²) in [6.45, 7) is 9.88. The van der Waals surface area contributed by atoms with Crippen LogP contribution in [0.3, 0.4) is 0 Å². The molecule has 3 rings (SSSR count). The Morgan fingerprint density at radius 2 is 1.97 bits per heavy atom. The van der Waals surface area contributed by atoms with Gasteiger partial charge in [-0.3, -0.25) is 0 Å². The average molecular weight is 549 g/mol. The van der Waals surface area contributed by atoms with Gasteiger partial charge in [-0.15, -0.1) is 35.3 Å². The fraction of sp³-hybridized carbons (Fsp3) is 0.524. The molecule has 1 saturated heterocycles. The molecular formula is C21H30ClIN4OS. The third-order valence-electron chi connectivity index (χ3n) is 5.21. The van der Waals surface area contributed by atoms with Crippen LogP contribution in [0.1, 0.15) is 40.9 Å². The van der Waals surface area contributed by atoms with Gasteiger partial charge in [-0.2, -0.15) is 0 Å². The van der Waals surface area contributed by atoms with Crippen molar-refractivity contribution in [2.75, 3.05) is 26.3 Å². The molecule has 2 N–H and O–H groups in total. The largest absolute Gasteiger partial charge is 0.381 e. The normalized spacial score (nSPS) is 16.2. The predicted octanol–water partition coefficient (Wildman–Crippen LogP) is 4.83. The van der Waals surface area contributed by atoms with Crippen LogP contribution in [0, 0.1) is 13.8 Å². The van der Waals surface area contributed by atoms with Gasteiger partial charge < -0.3 is 15.4 Å². The molecule has 0 aliphatic carbocycles. The van der Waals surface area contributed by atoms with Crippen LogP contribution in [0.5, 0.6) is 0 Å². The molecule has 8 heteroatoms. The maximum Gasteiger partial charge on any atom is 0.191 e. The maximum atomic E-state index is 6.56. The van der Waals surface area contributed by atoms with E-state index < -0.39 is 0 Å². The van der Waals surface area contributed by atoms with Gasteiger partial charge in [-0.05, 0) is 45.2 Å². The number of nitrogens with one attached hydrogen (secondary N) is 2. The summed E-state index contributed by atoms with van der Waals surface area (Å²) in [5.41, 5.74) is 2.21. The van der Waals surface area contributed by atoms with E-state index >= 15 is 0 Å². The Hall–Kier alpha value is -0.900. The van der Waals surface area contributed by atoms with Gasteiger partial charge in [0.2, 0.25) is 0 Å². The van der Waals surface area contributed by atoms with Crippen LogP contribution in [0.25, 0.3) is 0 Å². The molecule has 1 fully saturated rings. The zero-order valence-corrected chi connectivity index (χ0v) is 21.2. The van der Waals surface area contributed by atoms with Gasteiger partial charge in [0, 0.05) is 41.6 Å². The first-order chi connectivity index (χ1) is 13.5. The minimum Gasteiger partial charge on any atom is -0.381 e. The number of aryl methyl sites for hydroxylation is 2. The zero-order valence-electron chi connectivity index (χ0n) is 17.3. The van der Waals surface area contributed by atoms with Crippen molar-refractivity contribution in [2.45, 2.75) is 45.6 Å². The maximum absolute atomic E-state index is 6.56. The van der Waals surface area contributed by atoms with E-state index in [1.807, 2.05) is 26.0 Å². The van der Waals surface area contributed by atoms with E-state index in [0.717, 1.165) is 60.8 Å². The molecule has 0 atom stereocenters. The van der Waals surface area contributed by atoms with Crippen molar-refractivity contribution >= 4 is 52.9 Å². The quantitative estimate of drug-likeness (QED) is 0.308. The number of guanidine groups is 1. The van der Waals surface area contributed by atoms with Crippen LogP contribution in [0.2, 0.25) is 5.02 Å². The van der Waals surface area contributed by atoms with Crippen molar-refractivity contribution in [3.8, 4) is 0 Å². The molecule has 2 heterocycles. The first kappa shape index (κ1) is 24.4. The third kappa shape index (κ3) is 6.29. The van der Waals surface area contributed by atoms with Crippen molar-refractivity contribution in [1.82, 2.24) is 15.6 Å². The fourth-order valence-electron chi connectivity index (χ4n) is 3.66. The molecular weight excluding hydrogens is 519 g/mol. The van der Waals surface area contributed by atoms with Crippen LogP contribution >= 0.6 is 46.9 Å². The van der Waals surface area contributed by atoms with E-state index in [4.69, 9.17) is 21.3 Å². The van der Waals surface area contributed by atoms with E-state index in [1.54, 1.807) is 11.3 Å². The highest BCUT2D eigenvalue weighted by molar-refractivity contribution is 14.0. The summed E-state index contributed by atoms with van der Waals surface area (Å²) in [4.78, 5) is 10.5. The number of ether oxygens (including phenoxy) is 1.